The van der Waals surface area contributed by atoms with Crippen LogP contribution in [0, 0.1) is 0 Å². The lowest BCUT2D eigenvalue weighted by atomic mass is 9.95. The number of carbonyl (C=O) groups excluding carboxylic acids is 1. The van der Waals surface area contributed by atoms with Crippen LogP contribution < -0.4 is 11.1 Å². The summed E-state index contributed by atoms with van der Waals surface area (Å²) in [5.74, 6) is -0.531. The minimum Gasteiger partial charge on any atom is -0.382 e. The number of anilines is 1. The Bertz CT molecular complexity index is 1380. The third kappa shape index (κ3) is 5.84. The van der Waals surface area contributed by atoms with Crippen molar-refractivity contribution in [2.75, 3.05) is 5.32 Å². The molecule has 1 saturated carbocycles. The van der Waals surface area contributed by atoms with Crippen LogP contribution in [0.25, 0.3) is 11.1 Å². The summed E-state index contributed by atoms with van der Waals surface area (Å²) in [5.41, 5.74) is 7.05. The average Bonchev–Trinajstić information content (AvgIpc) is 3.29. The fourth-order valence-electron chi connectivity index (χ4n) is 4.21. The monoisotopic (exact) mass is 566 g/mol. The Kier molecular flexibility index (Phi) is 6.20. The molecule has 0 aliphatic heterocycles. The maximum Gasteiger partial charge on any atom is 0.310 e. The van der Waals surface area contributed by atoms with Gasteiger partial charge in [0.05, 0.1) is 15.0 Å². The minimum absolute atomic E-state index is 0.180. The molecular formula is C23H23F5N2O3S3. The number of nitrogens with two attached hydrogens (primary N) is 1. The second-order valence-electron chi connectivity index (χ2n) is 8.74. The van der Waals surface area contributed by atoms with Crippen LogP contribution in [0.15, 0.2) is 69.8 Å². The molecule has 1 fully saturated rings. The molecule has 0 unspecified atom stereocenters. The fourth-order valence-corrected chi connectivity index (χ4v) is 7.42. The van der Waals surface area contributed by atoms with Gasteiger partial charge in [-0.1, -0.05) is 31.6 Å². The Morgan fingerprint density at radius 2 is 1.47 bits per heavy atom. The van der Waals surface area contributed by atoms with E-state index in [4.69, 9.17) is 5.73 Å². The van der Waals surface area contributed by atoms with Gasteiger partial charge in [0.1, 0.15) is 4.90 Å². The Balaban J connectivity index is 1.38. The highest BCUT2D eigenvalue weighted by Gasteiger charge is 2.65. The highest BCUT2D eigenvalue weighted by atomic mass is 32.5. The number of sulfone groups is 1. The Morgan fingerprint density at radius 3 is 1.97 bits per heavy atom. The molecule has 36 heavy (non-hydrogen) atoms. The summed E-state index contributed by atoms with van der Waals surface area (Å²) in [4.78, 5) is 9.92. The normalized spacial score (nSPS) is 20.8. The van der Waals surface area contributed by atoms with Crippen LogP contribution in [-0.4, -0.2) is 25.6 Å². The number of carbonyl (C=O) groups is 1. The van der Waals surface area contributed by atoms with Crippen molar-refractivity contribution < 1.29 is 32.6 Å². The molecule has 1 aromatic heterocycles. The Hall–Kier alpha value is -2.64. The van der Waals surface area contributed by atoms with Crippen molar-refractivity contribution >= 4 is 43.0 Å². The van der Waals surface area contributed by atoms with E-state index >= 15 is 0 Å². The molecule has 5 nitrogen and oxygen atoms in total. The summed E-state index contributed by atoms with van der Waals surface area (Å²) in [5, 5.41) is 4.16. The summed E-state index contributed by atoms with van der Waals surface area (Å²) >= 11 is 1.21. The van der Waals surface area contributed by atoms with E-state index in [9.17, 15) is 32.6 Å². The molecule has 0 atom stereocenters. The van der Waals surface area contributed by atoms with Gasteiger partial charge >= 0.3 is 10.2 Å². The third-order valence-corrected chi connectivity index (χ3v) is 10.5. The van der Waals surface area contributed by atoms with E-state index in [0.29, 0.717) is 42.7 Å². The number of rotatable bonds is 7. The molecule has 1 aliphatic rings. The van der Waals surface area contributed by atoms with Crippen molar-refractivity contribution in [3.63, 3.8) is 0 Å². The molecule has 0 radical (unpaired) electrons. The van der Waals surface area contributed by atoms with Crippen molar-refractivity contribution in [2.24, 2.45) is 5.73 Å². The summed E-state index contributed by atoms with van der Waals surface area (Å²) in [6.45, 7) is 0. The second-order valence-corrected chi connectivity index (χ2v) is 14.3. The first kappa shape index (κ1) is 26.4. The first-order chi connectivity index (χ1) is 16.5. The predicted octanol–water partition coefficient (Wildman–Crippen LogP) is 7.37. The van der Waals surface area contributed by atoms with Gasteiger partial charge in [-0.2, -0.15) is 0 Å². The lowest BCUT2D eigenvalue weighted by Crippen LogP contribution is -2.32. The van der Waals surface area contributed by atoms with Crippen molar-refractivity contribution in [2.45, 2.75) is 46.8 Å². The lowest BCUT2D eigenvalue weighted by Gasteiger charge is -2.40. The first-order valence-electron chi connectivity index (χ1n) is 10.9. The van der Waals surface area contributed by atoms with E-state index in [-0.39, 0.29) is 16.6 Å². The molecule has 3 aromatic rings. The van der Waals surface area contributed by atoms with Gasteiger partial charge in [0.15, 0.2) is 9.84 Å². The number of hydrogen-bond donors (Lipinski definition) is 2. The van der Waals surface area contributed by atoms with Gasteiger partial charge in [0.2, 0.25) is 0 Å². The van der Waals surface area contributed by atoms with Gasteiger partial charge < -0.3 is 11.1 Å². The van der Waals surface area contributed by atoms with E-state index in [1.807, 2.05) is 0 Å². The van der Waals surface area contributed by atoms with E-state index in [0.717, 1.165) is 23.3 Å². The maximum absolute atomic E-state index is 13.1. The molecule has 13 heteroatoms. The van der Waals surface area contributed by atoms with Crippen LogP contribution in [-0.2, 0) is 9.84 Å². The SMILES string of the molecule is NC(=O)c1cc(-c2ccc(S(=O)(=O)C3CCC(Nc4ccc(S(F)(F)(F)(F)F)cc4)CC3)cc2)cs1. The van der Waals surface area contributed by atoms with Gasteiger partial charge in [0.25, 0.3) is 5.91 Å². The van der Waals surface area contributed by atoms with Gasteiger partial charge in [-0.25, -0.2) is 8.42 Å². The molecule has 1 aliphatic carbocycles. The maximum atomic E-state index is 13.1. The number of benzene rings is 2. The van der Waals surface area contributed by atoms with Crippen LogP contribution in [0.1, 0.15) is 35.4 Å². The predicted molar refractivity (Wildman–Crippen MR) is 133 cm³/mol. The average molecular weight is 567 g/mol. The quantitative estimate of drug-likeness (QED) is 0.292. The molecule has 4 rings (SSSR count). The Morgan fingerprint density at radius 1 is 0.889 bits per heavy atom. The third-order valence-electron chi connectivity index (χ3n) is 6.14. The van der Waals surface area contributed by atoms with E-state index in [2.05, 4.69) is 5.32 Å². The fraction of sp³-hybridized carbons (Fsp3) is 0.261. The summed E-state index contributed by atoms with van der Waals surface area (Å²) in [6, 6.07) is 10.5. The standard InChI is InChI=1S/C23H23F5N2O3S3/c24-36(25,26,27,28)21-11-5-18(6-12-21)30-17-3-9-20(10-4-17)35(32,33)19-7-1-15(2-8-19)16-13-22(23(29)31)34-14-16/h1-2,5-8,11-14,17,20,30H,3-4,9-10H2,(H2,29,31). The molecule has 2 aromatic carbocycles. The molecule has 0 saturated heterocycles. The van der Waals surface area contributed by atoms with Gasteiger partial charge in [-0.15, -0.1) is 11.3 Å². The molecule has 1 heterocycles. The lowest BCUT2D eigenvalue weighted by molar-refractivity contribution is 0.100. The zero-order chi connectivity index (χ0) is 26.4. The highest BCUT2D eigenvalue weighted by Crippen LogP contribution is 3.02. The second kappa shape index (κ2) is 8.45. The highest BCUT2D eigenvalue weighted by molar-refractivity contribution is 8.45. The number of halogens is 5. The van der Waals surface area contributed by atoms with E-state index in [1.54, 1.807) is 23.6 Å². The summed E-state index contributed by atoms with van der Waals surface area (Å²) in [6.07, 6.45) is 1.60. The van der Waals surface area contributed by atoms with Crippen LogP contribution >= 0.6 is 21.6 Å². The molecular weight excluding hydrogens is 543 g/mol. The topological polar surface area (TPSA) is 89.3 Å². The number of primary amides is 1. The van der Waals surface area contributed by atoms with Crippen LogP contribution in [0.2, 0.25) is 0 Å². The smallest absolute Gasteiger partial charge is 0.310 e. The Labute approximate surface area is 209 Å². The van der Waals surface area contributed by atoms with Gasteiger partial charge in [-0.05, 0) is 84.7 Å². The zero-order valence-corrected chi connectivity index (χ0v) is 21.1. The van der Waals surface area contributed by atoms with Crippen molar-refractivity contribution in [3.8, 4) is 11.1 Å². The van der Waals surface area contributed by atoms with Crippen LogP contribution in [0.4, 0.5) is 25.1 Å². The first-order valence-corrected chi connectivity index (χ1v) is 15.2. The number of amides is 1. The molecule has 0 bridgehead atoms. The van der Waals surface area contributed by atoms with Gasteiger partial charge in [0, 0.05) is 11.7 Å². The number of hydrogen-bond acceptors (Lipinski definition) is 5. The number of nitrogens with one attached hydrogen (secondary N) is 1. The van der Waals surface area contributed by atoms with Crippen LogP contribution in [0.5, 0.6) is 0 Å². The largest absolute Gasteiger partial charge is 0.382 e. The molecule has 0 spiro atoms. The molecule has 1 amide bonds. The molecule has 3 N–H and O–H groups in total. The minimum atomic E-state index is -9.72. The van der Waals surface area contributed by atoms with Gasteiger partial charge in [-0.3, -0.25) is 4.79 Å². The number of thiophene rings is 1. The zero-order valence-electron chi connectivity index (χ0n) is 18.7. The van der Waals surface area contributed by atoms with E-state index < -0.39 is 36.1 Å². The van der Waals surface area contributed by atoms with Crippen molar-refractivity contribution in [1.82, 2.24) is 0 Å². The summed E-state index contributed by atoms with van der Waals surface area (Å²) < 4.78 is 90.6. The van der Waals surface area contributed by atoms with Crippen molar-refractivity contribution in [1.29, 1.82) is 0 Å². The molecule has 196 valence electrons. The van der Waals surface area contributed by atoms with Crippen molar-refractivity contribution in [3.05, 3.63) is 64.9 Å². The van der Waals surface area contributed by atoms with Crippen LogP contribution in [0.3, 0.4) is 0 Å². The summed E-state index contributed by atoms with van der Waals surface area (Å²) in [7, 11) is -13.3. The van der Waals surface area contributed by atoms with E-state index in [1.165, 1.54) is 23.5 Å².